The highest BCUT2D eigenvalue weighted by Crippen LogP contribution is 2.27. The van der Waals surface area contributed by atoms with Crippen LogP contribution in [-0.4, -0.2) is 40.9 Å². The zero-order valence-electron chi connectivity index (χ0n) is 13.7. The minimum atomic E-state index is -0.522. The first-order valence-electron chi connectivity index (χ1n) is 8.31. The van der Waals surface area contributed by atoms with Crippen LogP contribution in [0, 0.1) is 5.82 Å². The number of carbonyl (C=O) groups is 2. The molecule has 24 heavy (non-hydrogen) atoms. The van der Waals surface area contributed by atoms with E-state index in [1.165, 1.54) is 0 Å². The molecule has 0 saturated carbocycles. The summed E-state index contributed by atoms with van der Waals surface area (Å²) in [6, 6.07) is 2.94. The molecule has 2 amide bonds. The van der Waals surface area contributed by atoms with Crippen LogP contribution in [0.3, 0.4) is 0 Å². The number of fused-ring (bicyclic) bond motifs is 1. The molecule has 2 aliphatic heterocycles. The van der Waals surface area contributed by atoms with Crippen molar-refractivity contribution in [2.24, 2.45) is 0 Å². The van der Waals surface area contributed by atoms with Crippen LogP contribution in [-0.2, 0) is 22.6 Å². The van der Waals surface area contributed by atoms with Gasteiger partial charge in [-0.1, -0.05) is 13.0 Å². The molecule has 2 heterocycles. The third-order valence-electron chi connectivity index (χ3n) is 4.43. The maximum Gasteiger partial charge on any atom is 0.248 e. The number of nitrogens with one attached hydrogen (secondary N) is 2. The monoisotopic (exact) mass is 351 g/mol. The predicted octanol–water partition coefficient (Wildman–Crippen LogP) is 2.11. The molecule has 0 bridgehead atoms. The molecule has 1 unspecified atom stereocenters. The molecule has 1 saturated heterocycles. The Bertz CT molecular complexity index is 653. The van der Waals surface area contributed by atoms with Gasteiger partial charge in [-0.05, 0) is 36.6 Å². The molecule has 0 spiro atoms. The molecular weight excluding hydrogens is 329 g/mol. The van der Waals surface area contributed by atoms with Gasteiger partial charge >= 0.3 is 0 Å². The molecule has 0 aliphatic carbocycles. The van der Waals surface area contributed by atoms with Gasteiger partial charge in [-0.2, -0.15) is 0 Å². The number of thioether (sulfide) groups is 1. The smallest absolute Gasteiger partial charge is 0.248 e. The van der Waals surface area contributed by atoms with Crippen LogP contribution in [0.4, 0.5) is 10.1 Å². The van der Waals surface area contributed by atoms with Gasteiger partial charge in [-0.15, -0.1) is 11.8 Å². The summed E-state index contributed by atoms with van der Waals surface area (Å²) < 4.78 is 14.6. The fourth-order valence-corrected chi connectivity index (χ4v) is 4.29. The van der Waals surface area contributed by atoms with Crippen LogP contribution in [0.5, 0.6) is 0 Å². The summed E-state index contributed by atoms with van der Waals surface area (Å²) in [6.07, 6.45) is 1.80. The molecule has 0 aromatic heterocycles. The standard InChI is InChI=1S/C17H22FN3O2S/c1-2-3-15(22)21-10-24-9-14(21)17(23)20-13-5-4-11-8-19-7-6-12(11)16(13)18/h4-5,14,19H,2-3,6-10H2,1H3,(H,20,23). The Morgan fingerprint density at radius 2 is 2.29 bits per heavy atom. The van der Waals surface area contributed by atoms with Crippen molar-refractivity contribution in [1.29, 1.82) is 0 Å². The van der Waals surface area contributed by atoms with Crippen LogP contribution in [0.1, 0.15) is 30.9 Å². The number of benzene rings is 1. The van der Waals surface area contributed by atoms with Crippen LogP contribution in [0.25, 0.3) is 0 Å². The highest BCUT2D eigenvalue weighted by atomic mass is 32.2. The molecule has 1 aromatic carbocycles. The SMILES string of the molecule is CCCC(=O)N1CSCC1C(=O)Nc1ccc2c(c1F)CCNC2. The summed E-state index contributed by atoms with van der Waals surface area (Å²) in [5, 5.41) is 5.89. The van der Waals surface area contributed by atoms with Gasteiger partial charge in [-0.3, -0.25) is 9.59 Å². The average Bonchev–Trinajstić information content (AvgIpc) is 3.08. The molecule has 0 radical (unpaired) electrons. The van der Waals surface area contributed by atoms with Crippen molar-refractivity contribution in [3.8, 4) is 0 Å². The predicted molar refractivity (Wildman–Crippen MR) is 93.3 cm³/mol. The number of carbonyl (C=O) groups excluding carboxylic acids is 2. The van der Waals surface area contributed by atoms with Crippen molar-refractivity contribution in [3.05, 3.63) is 29.1 Å². The lowest BCUT2D eigenvalue weighted by Gasteiger charge is -2.24. The lowest BCUT2D eigenvalue weighted by atomic mass is 9.99. The normalized spacial score (nSPS) is 19.9. The van der Waals surface area contributed by atoms with Crippen LogP contribution < -0.4 is 10.6 Å². The maximum atomic E-state index is 14.6. The van der Waals surface area contributed by atoms with Gasteiger partial charge in [0.1, 0.15) is 11.9 Å². The number of anilines is 1. The Hall–Kier alpha value is -1.60. The van der Waals surface area contributed by atoms with E-state index in [9.17, 15) is 14.0 Å². The van der Waals surface area contributed by atoms with Crippen LogP contribution >= 0.6 is 11.8 Å². The van der Waals surface area contributed by atoms with Crippen LogP contribution in [0.15, 0.2) is 12.1 Å². The van der Waals surface area contributed by atoms with Crippen molar-refractivity contribution < 1.29 is 14.0 Å². The van der Waals surface area contributed by atoms with Gasteiger partial charge in [0.25, 0.3) is 0 Å². The quantitative estimate of drug-likeness (QED) is 0.872. The topological polar surface area (TPSA) is 61.4 Å². The molecule has 5 nitrogen and oxygen atoms in total. The molecule has 3 rings (SSSR count). The van der Waals surface area contributed by atoms with E-state index in [0.29, 0.717) is 36.6 Å². The van der Waals surface area contributed by atoms with Crippen molar-refractivity contribution in [1.82, 2.24) is 10.2 Å². The Balaban J connectivity index is 1.74. The summed E-state index contributed by atoms with van der Waals surface area (Å²) in [5.41, 5.74) is 1.82. The lowest BCUT2D eigenvalue weighted by Crippen LogP contribution is -2.44. The first-order chi connectivity index (χ1) is 11.6. The van der Waals surface area contributed by atoms with E-state index in [0.717, 1.165) is 18.5 Å². The van der Waals surface area contributed by atoms with Crippen LogP contribution in [0.2, 0.25) is 0 Å². The van der Waals surface area contributed by atoms with Crippen molar-refractivity contribution in [2.45, 2.75) is 38.8 Å². The molecule has 1 aromatic rings. The molecule has 1 atom stereocenters. The number of rotatable bonds is 4. The Kier molecular flexibility index (Phi) is 5.40. The minimum absolute atomic E-state index is 0.0142. The first-order valence-corrected chi connectivity index (χ1v) is 9.46. The van der Waals surface area contributed by atoms with E-state index in [1.54, 1.807) is 22.7 Å². The summed E-state index contributed by atoms with van der Waals surface area (Å²) in [6.45, 7) is 3.33. The summed E-state index contributed by atoms with van der Waals surface area (Å²) in [5.74, 6) is 0.406. The van der Waals surface area contributed by atoms with E-state index in [1.807, 2.05) is 13.0 Å². The number of hydrogen-bond acceptors (Lipinski definition) is 4. The minimum Gasteiger partial charge on any atom is -0.322 e. The highest BCUT2D eigenvalue weighted by molar-refractivity contribution is 7.99. The van der Waals surface area contributed by atoms with Gasteiger partial charge in [0.2, 0.25) is 11.8 Å². The largest absolute Gasteiger partial charge is 0.322 e. The highest BCUT2D eigenvalue weighted by Gasteiger charge is 2.34. The van der Waals surface area contributed by atoms with Gasteiger partial charge in [0.05, 0.1) is 11.6 Å². The van der Waals surface area contributed by atoms with Gasteiger partial charge in [0, 0.05) is 18.7 Å². The van der Waals surface area contributed by atoms with E-state index in [2.05, 4.69) is 10.6 Å². The number of halogens is 1. The lowest BCUT2D eigenvalue weighted by molar-refractivity contribution is -0.136. The molecule has 2 aliphatic rings. The average molecular weight is 351 g/mol. The molecule has 1 fully saturated rings. The van der Waals surface area contributed by atoms with E-state index in [-0.39, 0.29) is 23.3 Å². The molecule has 7 heteroatoms. The zero-order valence-corrected chi connectivity index (χ0v) is 14.5. The second-order valence-electron chi connectivity index (χ2n) is 6.11. The van der Waals surface area contributed by atoms with Crippen molar-refractivity contribution in [3.63, 3.8) is 0 Å². The summed E-state index contributed by atoms with van der Waals surface area (Å²) in [7, 11) is 0. The Labute approximate surface area is 145 Å². The second-order valence-corrected chi connectivity index (χ2v) is 7.11. The molecule has 130 valence electrons. The zero-order chi connectivity index (χ0) is 17.1. The second kappa shape index (κ2) is 7.53. The molecular formula is C17H22FN3O2S. The Morgan fingerprint density at radius 1 is 1.46 bits per heavy atom. The summed E-state index contributed by atoms with van der Waals surface area (Å²) >= 11 is 1.55. The number of hydrogen-bond donors (Lipinski definition) is 2. The fourth-order valence-electron chi connectivity index (χ4n) is 3.11. The number of amides is 2. The third-order valence-corrected chi connectivity index (χ3v) is 5.45. The van der Waals surface area contributed by atoms with Crippen molar-refractivity contribution >= 4 is 29.3 Å². The summed E-state index contributed by atoms with van der Waals surface area (Å²) in [4.78, 5) is 26.3. The van der Waals surface area contributed by atoms with E-state index in [4.69, 9.17) is 0 Å². The Morgan fingerprint density at radius 3 is 3.08 bits per heavy atom. The third kappa shape index (κ3) is 3.42. The van der Waals surface area contributed by atoms with E-state index < -0.39 is 6.04 Å². The maximum absolute atomic E-state index is 14.6. The van der Waals surface area contributed by atoms with Gasteiger partial charge < -0.3 is 15.5 Å². The van der Waals surface area contributed by atoms with Gasteiger partial charge in [-0.25, -0.2) is 4.39 Å². The van der Waals surface area contributed by atoms with Crippen molar-refractivity contribution in [2.75, 3.05) is 23.5 Å². The van der Waals surface area contributed by atoms with Gasteiger partial charge in [0.15, 0.2) is 0 Å². The first kappa shape index (κ1) is 17.2. The van der Waals surface area contributed by atoms with E-state index >= 15 is 0 Å². The molecule has 2 N–H and O–H groups in total. The fraction of sp³-hybridized carbons (Fsp3) is 0.529. The number of nitrogens with zero attached hydrogens (tertiary/aromatic N) is 1.